The zero-order valence-corrected chi connectivity index (χ0v) is 5.55. The second kappa shape index (κ2) is 3.41. The van der Waals surface area contributed by atoms with E-state index in [1.807, 2.05) is 0 Å². The molecule has 1 unspecified atom stereocenters. The molecule has 1 N–H and O–H groups in total. The van der Waals surface area contributed by atoms with Gasteiger partial charge in [-0.05, 0) is 19.4 Å². The van der Waals surface area contributed by atoms with Gasteiger partial charge >= 0.3 is 0 Å². The Morgan fingerprint density at radius 3 is 2.33 bits per heavy atom. The quantitative estimate of drug-likeness (QED) is 0.567. The maximum absolute atomic E-state index is 10.7. The summed E-state index contributed by atoms with van der Waals surface area (Å²) in [5.41, 5.74) is 0.470. The highest BCUT2D eigenvalue weighted by atomic mass is 16.3. The first-order valence-corrected chi connectivity index (χ1v) is 2.74. The highest BCUT2D eigenvalue weighted by Gasteiger charge is 2.05. The van der Waals surface area contributed by atoms with Gasteiger partial charge in [0, 0.05) is 6.42 Å². The van der Waals surface area contributed by atoms with Crippen LogP contribution in [0.3, 0.4) is 0 Å². The van der Waals surface area contributed by atoms with Crippen LogP contribution in [0.2, 0.25) is 0 Å². The van der Waals surface area contributed by atoms with Crippen LogP contribution >= 0.6 is 0 Å². The lowest BCUT2D eigenvalue weighted by molar-refractivity contribution is -0.116. The van der Waals surface area contributed by atoms with E-state index in [0.717, 1.165) is 0 Å². The Morgan fingerprint density at radius 1 is 1.78 bits per heavy atom. The van der Waals surface area contributed by atoms with Gasteiger partial charge in [0.05, 0.1) is 6.10 Å². The molecule has 1 atom stereocenters. The van der Waals surface area contributed by atoms with E-state index in [1.54, 1.807) is 6.92 Å². The summed E-state index contributed by atoms with van der Waals surface area (Å²) in [6.07, 6.45) is -0.718. The molecule has 0 rings (SSSR count). The molecule has 0 saturated carbocycles. The second-order valence-electron chi connectivity index (χ2n) is 2.06. The van der Waals surface area contributed by atoms with Crippen molar-refractivity contribution in [3.63, 3.8) is 0 Å². The molecule has 0 heterocycles. The average molecular weight is 127 g/mol. The van der Waals surface area contributed by atoms with Crippen LogP contribution in [0.5, 0.6) is 0 Å². The van der Waals surface area contributed by atoms with Gasteiger partial charge < -0.3 is 5.11 Å². The predicted molar refractivity (Wildman–Crippen MR) is 35.8 cm³/mol. The number of aliphatic hydroxyl groups is 1. The van der Waals surface area contributed by atoms with Crippen LogP contribution in [0, 0.1) is 6.92 Å². The van der Waals surface area contributed by atoms with Crippen molar-refractivity contribution in [2.75, 3.05) is 0 Å². The van der Waals surface area contributed by atoms with Gasteiger partial charge in [0.25, 0.3) is 0 Å². The third-order valence-electron chi connectivity index (χ3n) is 0.897. The van der Waals surface area contributed by atoms with Crippen molar-refractivity contribution in [3.05, 3.63) is 19.1 Å². The first kappa shape index (κ1) is 8.37. The molecule has 0 aliphatic carbocycles. The molecular weight excluding hydrogens is 116 g/mol. The zero-order chi connectivity index (χ0) is 7.44. The van der Waals surface area contributed by atoms with E-state index in [0.29, 0.717) is 5.57 Å². The summed E-state index contributed by atoms with van der Waals surface area (Å²) >= 11 is 0. The zero-order valence-electron chi connectivity index (χ0n) is 5.55. The summed E-state index contributed by atoms with van der Waals surface area (Å²) in [5, 5.41) is 8.60. The Bertz CT molecular complexity index is 125. The normalized spacial score (nSPS) is 12.8. The number of ketones is 1. The Balaban J connectivity index is 3.65. The SMILES string of the molecule is [CH2]C(O)CC(=O)C(=C)C. The minimum atomic E-state index is -0.797. The molecule has 51 valence electrons. The number of allylic oxidation sites excluding steroid dienone is 1. The standard InChI is InChI=1S/C7H11O2/c1-5(2)7(9)4-6(3)8/h6,8H,1,3-4H2,2H3. The van der Waals surface area contributed by atoms with E-state index in [2.05, 4.69) is 13.5 Å². The van der Waals surface area contributed by atoms with Gasteiger partial charge in [-0.15, -0.1) is 0 Å². The summed E-state index contributed by atoms with van der Waals surface area (Å²) in [6, 6.07) is 0. The van der Waals surface area contributed by atoms with E-state index in [-0.39, 0.29) is 12.2 Å². The molecule has 0 aliphatic heterocycles. The maximum Gasteiger partial charge on any atom is 0.160 e. The number of rotatable bonds is 3. The lowest BCUT2D eigenvalue weighted by atomic mass is 10.1. The van der Waals surface area contributed by atoms with Crippen molar-refractivity contribution in [2.24, 2.45) is 0 Å². The molecule has 0 spiro atoms. The lowest BCUT2D eigenvalue weighted by Gasteiger charge is -2.00. The maximum atomic E-state index is 10.7. The Kier molecular flexibility index (Phi) is 3.17. The number of carbonyl (C=O) groups is 1. The lowest BCUT2D eigenvalue weighted by Crippen LogP contribution is -2.09. The van der Waals surface area contributed by atoms with Crippen molar-refractivity contribution >= 4 is 5.78 Å². The molecule has 0 aromatic heterocycles. The first-order chi connectivity index (χ1) is 4.04. The summed E-state index contributed by atoms with van der Waals surface area (Å²) < 4.78 is 0. The van der Waals surface area contributed by atoms with Gasteiger partial charge in [-0.25, -0.2) is 0 Å². The van der Waals surface area contributed by atoms with E-state index >= 15 is 0 Å². The van der Waals surface area contributed by atoms with Crippen LogP contribution < -0.4 is 0 Å². The first-order valence-electron chi connectivity index (χ1n) is 2.74. The highest BCUT2D eigenvalue weighted by molar-refractivity contribution is 5.94. The number of carbonyl (C=O) groups excluding carboxylic acids is 1. The van der Waals surface area contributed by atoms with E-state index < -0.39 is 6.10 Å². The van der Waals surface area contributed by atoms with Crippen molar-refractivity contribution < 1.29 is 9.90 Å². The van der Waals surface area contributed by atoms with Crippen LogP contribution in [0.25, 0.3) is 0 Å². The number of aliphatic hydroxyl groups excluding tert-OH is 1. The minimum absolute atomic E-state index is 0.0787. The summed E-state index contributed by atoms with van der Waals surface area (Å²) in [5.74, 6) is -0.127. The van der Waals surface area contributed by atoms with Crippen LogP contribution in [0.1, 0.15) is 13.3 Å². The van der Waals surface area contributed by atoms with E-state index in [9.17, 15) is 4.79 Å². The average Bonchev–Trinajstić information content (AvgIpc) is 1.63. The fourth-order valence-corrected chi connectivity index (χ4v) is 0.388. The highest BCUT2D eigenvalue weighted by Crippen LogP contribution is 1.97. The smallest absolute Gasteiger partial charge is 0.160 e. The molecule has 0 saturated heterocycles. The van der Waals surface area contributed by atoms with Gasteiger partial charge in [0.2, 0.25) is 0 Å². The number of hydrogen-bond donors (Lipinski definition) is 1. The van der Waals surface area contributed by atoms with Gasteiger partial charge in [-0.3, -0.25) is 4.79 Å². The summed E-state index contributed by atoms with van der Waals surface area (Å²) in [4.78, 5) is 10.7. The third-order valence-corrected chi connectivity index (χ3v) is 0.897. The van der Waals surface area contributed by atoms with Gasteiger partial charge in [0.15, 0.2) is 5.78 Å². The number of Topliss-reactive ketones (excluding diaryl/α,β-unsaturated/α-hetero) is 1. The molecular formula is C7H11O2. The monoisotopic (exact) mass is 127 g/mol. The van der Waals surface area contributed by atoms with Gasteiger partial charge in [-0.1, -0.05) is 6.58 Å². The fraction of sp³-hybridized carbons (Fsp3) is 0.429. The Labute approximate surface area is 55.2 Å². The molecule has 0 aromatic carbocycles. The molecule has 9 heavy (non-hydrogen) atoms. The van der Waals surface area contributed by atoms with Crippen LogP contribution in [0.15, 0.2) is 12.2 Å². The van der Waals surface area contributed by atoms with Gasteiger partial charge in [-0.2, -0.15) is 0 Å². The molecule has 0 aliphatic rings. The Morgan fingerprint density at radius 2 is 2.22 bits per heavy atom. The molecule has 2 nitrogen and oxygen atoms in total. The van der Waals surface area contributed by atoms with Crippen LogP contribution in [-0.2, 0) is 4.79 Å². The molecule has 0 aromatic rings. The minimum Gasteiger partial charge on any atom is -0.393 e. The summed E-state index contributed by atoms with van der Waals surface area (Å²) in [6.45, 7) is 8.29. The van der Waals surface area contributed by atoms with Crippen molar-refractivity contribution in [1.82, 2.24) is 0 Å². The van der Waals surface area contributed by atoms with Crippen molar-refractivity contribution in [2.45, 2.75) is 19.4 Å². The summed E-state index contributed by atoms with van der Waals surface area (Å²) in [7, 11) is 0. The van der Waals surface area contributed by atoms with Crippen molar-refractivity contribution in [3.8, 4) is 0 Å². The second-order valence-corrected chi connectivity index (χ2v) is 2.06. The van der Waals surface area contributed by atoms with Gasteiger partial charge in [0.1, 0.15) is 0 Å². The third kappa shape index (κ3) is 3.91. The van der Waals surface area contributed by atoms with Crippen LogP contribution in [0.4, 0.5) is 0 Å². The van der Waals surface area contributed by atoms with E-state index in [1.165, 1.54) is 0 Å². The largest absolute Gasteiger partial charge is 0.393 e. The molecule has 1 radical (unpaired) electrons. The number of hydrogen-bond acceptors (Lipinski definition) is 2. The molecule has 0 fully saturated rings. The van der Waals surface area contributed by atoms with E-state index in [4.69, 9.17) is 5.11 Å². The molecule has 0 bridgehead atoms. The Hall–Kier alpha value is -0.630. The molecule has 0 amide bonds. The van der Waals surface area contributed by atoms with Crippen molar-refractivity contribution in [1.29, 1.82) is 0 Å². The predicted octanol–water partition coefficient (Wildman–Crippen LogP) is 0.717. The van der Waals surface area contributed by atoms with Crippen LogP contribution in [-0.4, -0.2) is 17.0 Å². The fourth-order valence-electron chi connectivity index (χ4n) is 0.388. The molecule has 2 heteroatoms. The topological polar surface area (TPSA) is 37.3 Å².